The first-order chi connectivity index (χ1) is 6.63. The Hall–Kier alpha value is -0.870. The molecule has 2 nitrogen and oxygen atoms in total. The van der Waals surface area contributed by atoms with Crippen LogP contribution in [-0.4, -0.2) is 21.3 Å². The number of thiocarbonyl (C=S) groups is 1. The summed E-state index contributed by atoms with van der Waals surface area (Å²) in [7, 11) is 0. The van der Waals surface area contributed by atoms with Gasteiger partial charge in [0, 0.05) is 5.56 Å². The number of phenols is 1. The highest BCUT2D eigenvalue weighted by molar-refractivity contribution is 8.22. The lowest BCUT2D eigenvalue weighted by Crippen LogP contribution is -2.03. The molecule has 0 bridgehead atoms. The van der Waals surface area contributed by atoms with Crippen molar-refractivity contribution < 1.29 is 9.90 Å². The maximum atomic E-state index is 11.6. The van der Waals surface area contributed by atoms with Crippen LogP contribution in [0, 0.1) is 0 Å². The topological polar surface area (TPSA) is 37.3 Å². The Morgan fingerprint density at radius 3 is 2.86 bits per heavy atom. The molecule has 0 unspecified atom stereocenters. The second kappa shape index (κ2) is 5.12. The van der Waals surface area contributed by atoms with Crippen molar-refractivity contribution in [3.8, 4) is 5.75 Å². The first kappa shape index (κ1) is 11.2. The smallest absolute Gasteiger partial charge is 0.168 e. The van der Waals surface area contributed by atoms with Crippen molar-refractivity contribution in [2.45, 2.75) is 6.42 Å². The van der Waals surface area contributed by atoms with E-state index in [0.717, 1.165) is 0 Å². The van der Waals surface area contributed by atoms with Gasteiger partial charge in [0.25, 0.3) is 0 Å². The molecule has 14 heavy (non-hydrogen) atoms. The summed E-state index contributed by atoms with van der Waals surface area (Å²) >= 11 is 6.34. The van der Waals surface area contributed by atoms with E-state index < -0.39 is 0 Å². The molecule has 0 aliphatic carbocycles. The van der Waals surface area contributed by atoms with Crippen molar-refractivity contribution in [2.24, 2.45) is 0 Å². The van der Waals surface area contributed by atoms with Crippen LogP contribution in [0.4, 0.5) is 0 Å². The van der Waals surface area contributed by atoms with Crippen LogP contribution >= 0.6 is 24.0 Å². The number of hydrogen-bond donors (Lipinski definition) is 1. The number of phenolic OH excluding ortho intramolecular Hbond substituents is 1. The average Bonchev–Trinajstić information content (AvgIpc) is 2.17. The number of benzene rings is 1. The molecule has 0 heterocycles. The number of aromatic hydroxyl groups is 1. The van der Waals surface area contributed by atoms with Gasteiger partial charge in [-0.05, 0) is 18.4 Å². The van der Waals surface area contributed by atoms with Gasteiger partial charge in [-0.2, -0.15) is 0 Å². The van der Waals surface area contributed by atoms with Crippen molar-refractivity contribution in [3.05, 3.63) is 29.8 Å². The fourth-order valence-electron chi connectivity index (χ4n) is 0.985. The number of hydrogen-bond acceptors (Lipinski definition) is 4. The van der Waals surface area contributed by atoms with Gasteiger partial charge in [0.1, 0.15) is 5.75 Å². The predicted octanol–water partition coefficient (Wildman–Crippen LogP) is 2.66. The molecule has 1 N–H and O–H groups in total. The Balaban J connectivity index is 2.75. The summed E-state index contributed by atoms with van der Waals surface area (Å²) in [4.78, 5) is 11.6. The molecule has 4 heteroatoms. The van der Waals surface area contributed by atoms with Gasteiger partial charge in [-0.15, -0.1) is 11.8 Å². The molecule has 74 valence electrons. The van der Waals surface area contributed by atoms with Gasteiger partial charge in [-0.1, -0.05) is 24.4 Å². The minimum absolute atomic E-state index is 0.0553. The van der Waals surface area contributed by atoms with Crippen LogP contribution < -0.4 is 0 Å². The van der Waals surface area contributed by atoms with Crippen molar-refractivity contribution >= 4 is 34.0 Å². The molecule has 0 saturated carbocycles. The van der Waals surface area contributed by atoms with Gasteiger partial charge >= 0.3 is 0 Å². The highest BCUT2D eigenvalue weighted by Crippen LogP contribution is 2.14. The molecule has 0 aromatic heterocycles. The zero-order chi connectivity index (χ0) is 10.6. The van der Waals surface area contributed by atoms with Crippen molar-refractivity contribution in [3.63, 3.8) is 0 Å². The molecule has 0 spiro atoms. The van der Waals surface area contributed by atoms with Crippen LogP contribution in [0.2, 0.25) is 0 Å². The highest BCUT2D eigenvalue weighted by atomic mass is 32.2. The molecular formula is C10H10O2S2. The minimum Gasteiger partial charge on any atom is -0.508 e. The summed E-state index contributed by atoms with van der Waals surface area (Å²) in [5.41, 5.74) is 0.501. The van der Waals surface area contributed by atoms with E-state index in [1.54, 1.807) is 12.1 Å². The monoisotopic (exact) mass is 226 g/mol. The van der Waals surface area contributed by atoms with Crippen LogP contribution in [0.15, 0.2) is 24.3 Å². The molecule has 1 aromatic rings. The number of Topliss-reactive ketones (excluding diaryl/α,β-unsaturated/α-hetero) is 1. The third-order valence-corrected chi connectivity index (χ3v) is 2.94. The summed E-state index contributed by atoms with van der Waals surface area (Å²) in [5.74, 6) is 0.0474. The molecule has 0 amide bonds. The highest BCUT2D eigenvalue weighted by Gasteiger charge is 2.08. The Labute approximate surface area is 92.3 Å². The van der Waals surface area contributed by atoms with Crippen LogP contribution in [0.1, 0.15) is 16.8 Å². The van der Waals surface area contributed by atoms with Crippen LogP contribution in [0.25, 0.3) is 0 Å². The number of thioether (sulfide) groups is 1. The molecule has 0 saturated heterocycles. The third-order valence-electron chi connectivity index (χ3n) is 1.70. The fraction of sp³-hybridized carbons (Fsp3) is 0.200. The van der Waals surface area contributed by atoms with E-state index in [9.17, 15) is 4.79 Å². The van der Waals surface area contributed by atoms with Crippen molar-refractivity contribution in [1.29, 1.82) is 0 Å². The van der Waals surface area contributed by atoms with Crippen LogP contribution in [0.5, 0.6) is 5.75 Å². The largest absolute Gasteiger partial charge is 0.508 e. The number of carbonyl (C=O) groups is 1. The Morgan fingerprint density at radius 1 is 1.57 bits per heavy atom. The van der Waals surface area contributed by atoms with Crippen LogP contribution in [0.3, 0.4) is 0 Å². The molecule has 0 radical (unpaired) electrons. The lowest BCUT2D eigenvalue weighted by Gasteiger charge is -2.00. The summed E-state index contributed by atoms with van der Waals surface area (Å²) in [5, 5.41) is 9.16. The molecule has 1 aromatic carbocycles. The van der Waals surface area contributed by atoms with E-state index in [0.29, 0.717) is 9.76 Å². The van der Waals surface area contributed by atoms with E-state index >= 15 is 0 Å². The zero-order valence-electron chi connectivity index (χ0n) is 7.69. The van der Waals surface area contributed by atoms with E-state index in [1.807, 2.05) is 6.26 Å². The second-order valence-electron chi connectivity index (χ2n) is 2.73. The van der Waals surface area contributed by atoms with E-state index in [1.165, 1.54) is 23.9 Å². The van der Waals surface area contributed by atoms with Gasteiger partial charge in [-0.3, -0.25) is 4.79 Å². The molecule has 0 aliphatic rings. The SMILES string of the molecule is CSC(=S)CC(=O)c1cccc(O)c1. The second-order valence-corrected chi connectivity index (χ2v) is 4.38. The van der Waals surface area contributed by atoms with E-state index in [-0.39, 0.29) is 18.0 Å². The van der Waals surface area contributed by atoms with Gasteiger partial charge in [0.05, 0.1) is 10.6 Å². The summed E-state index contributed by atoms with van der Waals surface area (Å²) in [6, 6.07) is 6.30. The Kier molecular flexibility index (Phi) is 4.10. The van der Waals surface area contributed by atoms with Gasteiger partial charge < -0.3 is 5.11 Å². The Bertz CT molecular complexity index is 361. The maximum absolute atomic E-state index is 11.6. The van der Waals surface area contributed by atoms with Gasteiger partial charge in [0.15, 0.2) is 5.78 Å². The molecule has 1 rings (SSSR count). The lowest BCUT2D eigenvalue weighted by atomic mass is 10.1. The third kappa shape index (κ3) is 3.12. The van der Waals surface area contributed by atoms with Gasteiger partial charge in [0.2, 0.25) is 0 Å². The summed E-state index contributed by atoms with van der Waals surface area (Å²) < 4.78 is 0.665. The number of carbonyl (C=O) groups excluding carboxylic acids is 1. The molecular weight excluding hydrogens is 216 g/mol. The average molecular weight is 226 g/mol. The molecule has 0 atom stereocenters. The van der Waals surface area contributed by atoms with E-state index in [4.69, 9.17) is 17.3 Å². The molecule has 0 aliphatic heterocycles. The lowest BCUT2D eigenvalue weighted by molar-refractivity contribution is 0.100. The van der Waals surface area contributed by atoms with Crippen molar-refractivity contribution in [1.82, 2.24) is 0 Å². The first-order valence-electron chi connectivity index (χ1n) is 4.02. The van der Waals surface area contributed by atoms with Crippen LogP contribution in [-0.2, 0) is 0 Å². The maximum Gasteiger partial charge on any atom is 0.168 e. The standard InChI is InChI=1S/C10H10O2S2/c1-14-10(13)6-9(12)7-3-2-4-8(11)5-7/h2-5,11H,6H2,1H3. The number of ketones is 1. The normalized spacial score (nSPS) is 9.79. The number of rotatable bonds is 3. The fourth-order valence-corrected chi connectivity index (χ4v) is 1.39. The zero-order valence-corrected chi connectivity index (χ0v) is 9.32. The van der Waals surface area contributed by atoms with Crippen molar-refractivity contribution in [2.75, 3.05) is 6.26 Å². The Morgan fingerprint density at radius 2 is 2.29 bits per heavy atom. The van der Waals surface area contributed by atoms with Gasteiger partial charge in [-0.25, -0.2) is 0 Å². The quantitative estimate of drug-likeness (QED) is 0.635. The summed E-state index contributed by atoms with van der Waals surface area (Å²) in [6.07, 6.45) is 2.10. The summed E-state index contributed by atoms with van der Waals surface area (Å²) in [6.45, 7) is 0. The molecule has 0 fully saturated rings. The first-order valence-corrected chi connectivity index (χ1v) is 5.66. The minimum atomic E-state index is -0.0553. The van der Waals surface area contributed by atoms with E-state index in [2.05, 4.69) is 0 Å². The predicted molar refractivity (Wildman–Crippen MR) is 63.2 cm³/mol.